The Kier molecular flexibility index (Phi) is 6.01. The van der Waals surface area contributed by atoms with E-state index in [1.807, 2.05) is 0 Å². The number of carbonyl (C=O) groups excluding carboxylic acids is 1. The molecule has 1 amide bonds. The second-order valence-corrected chi connectivity index (χ2v) is 6.79. The largest absolute Gasteiger partial charge is 0.423 e. The van der Waals surface area contributed by atoms with Crippen LogP contribution < -0.4 is 5.73 Å². The van der Waals surface area contributed by atoms with Crippen LogP contribution in [0.4, 0.5) is 10.1 Å². The van der Waals surface area contributed by atoms with Crippen molar-refractivity contribution in [1.82, 2.24) is 4.90 Å². The highest BCUT2D eigenvalue weighted by Gasteiger charge is 2.22. The monoisotopic (exact) mass is 397 g/mol. The minimum Gasteiger partial charge on any atom is -0.423 e. The maximum atomic E-state index is 13.4. The van der Waals surface area contributed by atoms with Gasteiger partial charge in [0.25, 0.3) is 0 Å². The first-order chi connectivity index (χ1) is 13.8. The van der Waals surface area contributed by atoms with Crippen LogP contribution in [0.2, 0.25) is 0 Å². The summed E-state index contributed by atoms with van der Waals surface area (Å²) in [6.45, 7) is 0.604. The number of amides is 1. The number of benzene rings is 1. The molecular weight excluding hydrogens is 373 g/mol. The molecule has 0 spiro atoms. The smallest absolute Gasteiger partial charge is 0.223 e. The van der Waals surface area contributed by atoms with Crippen LogP contribution >= 0.6 is 0 Å². The van der Waals surface area contributed by atoms with Crippen molar-refractivity contribution in [2.24, 2.45) is 0 Å². The molecule has 1 heterocycles. The summed E-state index contributed by atoms with van der Waals surface area (Å²) in [5, 5.41) is 24.5. The molecule has 2 aliphatic rings. The first-order valence-corrected chi connectivity index (χ1v) is 9.19. The van der Waals surface area contributed by atoms with Gasteiger partial charge in [-0.25, -0.2) is 4.39 Å². The van der Waals surface area contributed by atoms with Gasteiger partial charge < -0.3 is 15.4 Å². The number of ether oxygens (including phenoxy) is 1. The number of nitrogens with one attached hydrogen (secondary N) is 3. The average Bonchev–Trinajstić information content (AvgIpc) is 2.95. The molecule has 0 atom stereocenters. The van der Waals surface area contributed by atoms with Crippen LogP contribution in [0, 0.1) is 16.2 Å². The summed E-state index contributed by atoms with van der Waals surface area (Å²) < 4.78 is 18.7. The minimum atomic E-state index is -0.295. The number of nitrogens with zero attached hydrogens (tertiary/aromatic N) is 1. The Morgan fingerprint density at radius 3 is 2.79 bits per heavy atom. The summed E-state index contributed by atoms with van der Waals surface area (Å²) in [7, 11) is 0. The van der Waals surface area contributed by atoms with Gasteiger partial charge in [-0.05, 0) is 36.3 Å². The highest BCUT2D eigenvalue weighted by Crippen LogP contribution is 2.22. The average molecular weight is 397 g/mol. The zero-order chi connectivity index (χ0) is 21.0. The molecule has 8 heteroatoms. The molecule has 1 fully saturated rings. The van der Waals surface area contributed by atoms with Crippen molar-refractivity contribution in [3.63, 3.8) is 0 Å². The molecule has 5 N–H and O–H groups in total. The number of halogens is 1. The Balaban J connectivity index is 0.00000320. The highest BCUT2D eigenvalue weighted by atomic mass is 19.1. The van der Waals surface area contributed by atoms with Gasteiger partial charge in [-0.3, -0.25) is 21.0 Å². The lowest BCUT2D eigenvalue weighted by molar-refractivity contribution is -0.127. The summed E-state index contributed by atoms with van der Waals surface area (Å²) in [6.07, 6.45) is 7.51. The van der Waals surface area contributed by atoms with E-state index in [0.29, 0.717) is 35.4 Å². The molecule has 0 radical (unpaired) electrons. The molecule has 0 bridgehead atoms. The molecule has 1 aliphatic heterocycles. The van der Waals surface area contributed by atoms with Crippen LogP contribution in [0.5, 0.6) is 0 Å². The quantitative estimate of drug-likeness (QED) is 0.344. The predicted molar refractivity (Wildman–Crippen MR) is 112 cm³/mol. The van der Waals surface area contributed by atoms with Gasteiger partial charge in [0.1, 0.15) is 5.83 Å². The molecule has 29 heavy (non-hydrogen) atoms. The fraction of sp³-hybridized carbons (Fsp3) is 0.238. The molecule has 1 aliphatic carbocycles. The second kappa shape index (κ2) is 8.64. The van der Waals surface area contributed by atoms with Crippen molar-refractivity contribution in [2.45, 2.75) is 19.3 Å². The van der Waals surface area contributed by atoms with E-state index in [9.17, 15) is 9.18 Å². The number of hydrogen-bond acceptors (Lipinski definition) is 6. The molecule has 0 aromatic heterocycles. The number of hydrogen-bond donors (Lipinski definition) is 4. The first-order valence-electron chi connectivity index (χ1n) is 9.19. The van der Waals surface area contributed by atoms with Crippen molar-refractivity contribution in [3.05, 3.63) is 65.0 Å². The number of anilines is 1. The highest BCUT2D eigenvalue weighted by molar-refractivity contribution is 6.16. The van der Waals surface area contributed by atoms with E-state index in [-0.39, 0.29) is 43.6 Å². The van der Waals surface area contributed by atoms with Gasteiger partial charge in [0.05, 0.1) is 12.3 Å². The van der Waals surface area contributed by atoms with Crippen LogP contribution in [0.25, 0.3) is 0 Å². The number of likely N-dealkylation sites (tertiary alicyclic amines) is 1. The molecule has 152 valence electrons. The Labute approximate surface area is 169 Å². The van der Waals surface area contributed by atoms with Crippen molar-refractivity contribution in [3.8, 4) is 0 Å². The van der Waals surface area contributed by atoms with Crippen LogP contribution in [0.15, 0.2) is 53.9 Å². The van der Waals surface area contributed by atoms with Gasteiger partial charge in [-0.2, -0.15) is 0 Å². The molecule has 7 nitrogen and oxygen atoms in total. The maximum Gasteiger partial charge on any atom is 0.223 e. The fourth-order valence-corrected chi connectivity index (χ4v) is 3.10. The summed E-state index contributed by atoms with van der Waals surface area (Å²) >= 11 is 0. The molecule has 1 aromatic carbocycles. The first kappa shape index (κ1) is 20.2. The number of nitrogen functional groups attached to an aromatic ring is 1. The van der Waals surface area contributed by atoms with Crippen molar-refractivity contribution in [2.75, 3.05) is 18.8 Å². The van der Waals surface area contributed by atoms with E-state index in [2.05, 4.69) is 0 Å². The Morgan fingerprint density at radius 2 is 2.07 bits per heavy atom. The van der Waals surface area contributed by atoms with Crippen LogP contribution in [0.3, 0.4) is 0 Å². The lowest BCUT2D eigenvalue weighted by atomic mass is 9.98. The third kappa shape index (κ3) is 4.84. The minimum absolute atomic E-state index is 0. The summed E-state index contributed by atoms with van der Waals surface area (Å²) in [5.74, 6) is -0.792. The van der Waals surface area contributed by atoms with Crippen LogP contribution in [0.1, 0.15) is 31.8 Å². The van der Waals surface area contributed by atoms with E-state index < -0.39 is 0 Å². The lowest BCUT2D eigenvalue weighted by Gasteiger charge is -2.17. The fourth-order valence-electron chi connectivity index (χ4n) is 3.10. The molecule has 0 unspecified atom stereocenters. The maximum absolute atomic E-state index is 13.4. The number of carbonyl (C=O) groups is 1. The molecule has 0 saturated carbocycles. The number of nitrogens with two attached hydrogens (primary N) is 1. The second-order valence-electron chi connectivity index (χ2n) is 6.79. The van der Waals surface area contributed by atoms with E-state index in [4.69, 9.17) is 26.7 Å². The van der Waals surface area contributed by atoms with Gasteiger partial charge in [0.15, 0.2) is 0 Å². The summed E-state index contributed by atoms with van der Waals surface area (Å²) in [4.78, 5) is 13.2. The topological polar surface area (TPSA) is 127 Å². The summed E-state index contributed by atoms with van der Waals surface area (Å²) in [5.41, 5.74) is 7.66. The lowest BCUT2D eigenvalue weighted by Crippen LogP contribution is -2.32. The van der Waals surface area contributed by atoms with Gasteiger partial charge in [0, 0.05) is 37.6 Å². The van der Waals surface area contributed by atoms with Gasteiger partial charge in [-0.1, -0.05) is 18.2 Å². The van der Waals surface area contributed by atoms with Crippen LogP contribution in [-0.4, -0.2) is 41.4 Å². The van der Waals surface area contributed by atoms with E-state index >= 15 is 0 Å². The van der Waals surface area contributed by atoms with E-state index in [0.717, 1.165) is 6.42 Å². The third-order valence-corrected chi connectivity index (χ3v) is 4.66. The normalized spacial score (nSPS) is 16.2. The standard InChI is InChI=1S/C21H22FN5O2.H2/c22-15-4-1-3-13(6-8-15)20(25)16-11-14(7-9-17(16)23)21(26)29-18(24)12-27-10-2-5-19(27)28;/h1,3,6-9,11,24-26H,2,4-5,10,12,23H2;1H. The zero-order valence-electron chi connectivity index (χ0n) is 15.8. The molecule has 3 rings (SSSR count). The van der Waals surface area contributed by atoms with Crippen molar-refractivity contribution < 1.29 is 15.3 Å². The number of allylic oxidation sites excluding steroid dienone is 6. The molecule has 1 aromatic rings. The van der Waals surface area contributed by atoms with Gasteiger partial charge in [-0.15, -0.1) is 0 Å². The van der Waals surface area contributed by atoms with Gasteiger partial charge in [0.2, 0.25) is 17.7 Å². The zero-order valence-corrected chi connectivity index (χ0v) is 15.8. The van der Waals surface area contributed by atoms with Crippen molar-refractivity contribution >= 4 is 29.1 Å². The number of rotatable bonds is 5. The Morgan fingerprint density at radius 1 is 1.28 bits per heavy atom. The van der Waals surface area contributed by atoms with Crippen molar-refractivity contribution in [1.29, 1.82) is 16.2 Å². The molecular formula is C21H24FN5O2. The summed E-state index contributed by atoms with van der Waals surface area (Å²) in [6, 6.07) is 4.66. The van der Waals surface area contributed by atoms with E-state index in [1.54, 1.807) is 24.3 Å². The van der Waals surface area contributed by atoms with Crippen LogP contribution in [-0.2, 0) is 9.53 Å². The SMILES string of the molecule is N=C(CN1CCCC1=O)OC(=N)c1ccc(N)c(C(=N)C2=CC=C(F)CC=C2)c1.[HH]. The Bertz CT molecular complexity index is 984. The Hall–Kier alpha value is -3.55. The van der Waals surface area contributed by atoms with E-state index in [1.165, 1.54) is 23.1 Å². The molecule has 1 saturated heterocycles. The predicted octanol–water partition coefficient (Wildman–Crippen LogP) is 3.56. The van der Waals surface area contributed by atoms with Gasteiger partial charge >= 0.3 is 0 Å². The third-order valence-electron chi connectivity index (χ3n) is 4.66.